The van der Waals surface area contributed by atoms with Gasteiger partial charge in [0.05, 0.1) is 10.5 Å². The lowest BCUT2D eigenvalue weighted by atomic mass is 9.97. The fraction of sp³-hybridized carbons (Fsp3) is 0.368. The molecule has 1 atom stereocenters. The number of benzene rings is 2. The molecule has 0 radical (unpaired) electrons. The third-order valence-electron chi connectivity index (χ3n) is 4.84. The summed E-state index contributed by atoms with van der Waals surface area (Å²) in [7, 11) is 1.67. The SMILES string of the molecule is O=S(=O)(Cl)c1ccc2c(c1)CC(CCCc1ccc(C(F)(F)F)cc1)C2. The van der Waals surface area contributed by atoms with Crippen LogP contribution < -0.4 is 0 Å². The molecule has 3 rings (SSSR count). The van der Waals surface area contributed by atoms with Crippen LogP contribution in [0, 0.1) is 5.92 Å². The van der Waals surface area contributed by atoms with Crippen LogP contribution in [0.15, 0.2) is 47.4 Å². The van der Waals surface area contributed by atoms with E-state index in [-0.39, 0.29) is 4.90 Å². The van der Waals surface area contributed by atoms with Crippen molar-refractivity contribution >= 4 is 19.7 Å². The second kappa shape index (κ2) is 7.24. The maximum atomic E-state index is 12.6. The van der Waals surface area contributed by atoms with Crippen molar-refractivity contribution in [3.8, 4) is 0 Å². The predicted molar refractivity (Wildman–Crippen MR) is 94.8 cm³/mol. The van der Waals surface area contributed by atoms with E-state index in [1.165, 1.54) is 18.2 Å². The monoisotopic (exact) mass is 402 g/mol. The van der Waals surface area contributed by atoms with Gasteiger partial charge >= 0.3 is 6.18 Å². The third-order valence-corrected chi connectivity index (χ3v) is 6.19. The van der Waals surface area contributed by atoms with Crippen LogP contribution in [0.2, 0.25) is 0 Å². The molecule has 1 aliphatic rings. The summed E-state index contributed by atoms with van der Waals surface area (Å²) < 4.78 is 60.5. The van der Waals surface area contributed by atoms with Gasteiger partial charge in [-0.1, -0.05) is 18.2 Å². The Kier molecular flexibility index (Phi) is 5.35. The molecule has 1 aliphatic carbocycles. The molecule has 0 fully saturated rings. The predicted octanol–water partition coefficient (Wildman–Crippen LogP) is 5.37. The van der Waals surface area contributed by atoms with E-state index >= 15 is 0 Å². The van der Waals surface area contributed by atoms with Gasteiger partial charge < -0.3 is 0 Å². The van der Waals surface area contributed by atoms with Gasteiger partial charge in [0, 0.05) is 10.7 Å². The number of aryl methyl sites for hydroxylation is 1. The highest BCUT2D eigenvalue weighted by Gasteiger charge is 2.30. The first-order valence-corrected chi connectivity index (χ1v) is 10.7. The second-order valence-electron chi connectivity index (χ2n) is 6.73. The Morgan fingerprint density at radius 3 is 2.27 bits per heavy atom. The minimum absolute atomic E-state index is 0.128. The van der Waals surface area contributed by atoms with Gasteiger partial charge in [-0.2, -0.15) is 13.2 Å². The first-order valence-electron chi connectivity index (χ1n) is 8.35. The Bertz CT molecular complexity index is 890. The van der Waals surface area contributed by atoms with Crippen molar-refractivity contribution in [1.29, 1.82) is 0 Å². The number of rotatable bonds is 5. The lowest BCUT2D eigenvalue weighted by Gasteiger charge is -2.10. The average molecular weight is 403 g/mol. The Morgan fingerprint density at radius 2 is 1.65 bits per heavy atom. The Morgan fingerprint density at radius 1 is 1.00 bits per heavy atom. The zero-order valence-corrected chi connectivity index (χ0v) is 15.5. The topological polar surface area (TPSA) is 34.1 Å². The minimum atomic E-state index is -4.30. The van der Waals surface area contributed by atoms with E-state index in [1.807, 2.05) is 6.07 Å². The zero-order chi connectivity index (χ0) is 18.9. The molecule has 0 saturated carbocycles. The van der Waals surface area contributed by atoms with E-state index in [1.54, 1.807) is 6.07 Å². The Hall–Kier alpha value is -1.53. The number of hydrogen-bond acceptors (Lipinski definition) is 2. The molecule has 2 nitrogen and oxygen atoms in total. The van der Waals surface area contributed by atoms with E-state index in [9.17, 15) is 21.6 Å². The highest BCUT2D eigenvalue weighted by atomic mass is 35.7. The Labute approximate surface area is 155 Å². The van der Waals surface area contributed by atoms with Crippen LogP contribution in [0.25, 0.3) is 0 Å². The summed E-state index contributed by atoms with van der Waals surface area (Å²) in [6, 6.07) is 10.3. The lowest BCUT2D eigenvalue weighted by Crippen LogP contribution is -2.04. The fourth-order valence-corrected chi connectivity index (χ4v) is 4.30. The van der Waals surface area contributed by atoms with Crippen molar-refractivity contribution in [1.82, 2.24) is 0 Å². The van der Waals surface area contributed by atoms with Crippen molar-refractivity contribution in [2.24, 2.45) is 5.92 Å². The first kappa shape index (κ1) is 19.2. The van der Waals surface area contributed by atoms with Gasteiger partial charge in [-0.25, -0.2) is 8.42 Å². The molecule has 0 aliphatic heterocycles. The minimum Gasteiger partial charge on any atom is -0.207 e. The fourth-order valence-electron chi connectivity index (χ4n) is 3.50. The van der Waals surface area contributed by atoms with Gasteiger partial charge in [0.25, 0.3) is 9.05 Å². The molecule has 2 aromatic carbocycles. The summed E-state index contributed by atoms with van der Waals surface area (Å²) in [4.78, 5) is 0.128. The van der Waals surface area contributed by atoms with Crippen LogP contribution in [0.5, 0.6) is 0 Å². The smallest absolute Gasteiger partial charge is 0.207 e. The van der Waals surface area contributed by atoms with Crippen molar-refractivity contribution in [3.63, 3.8) is 0 Å². The number of fused-ring (bicyclic) bond motifs is 1. The quantitative estimate of drug-likeness (QED) is 0.630. The van der Waals surface area contributed by atoms with Gasteiger partial charge in [0.1, 0.15) is 0 Å². The second-order valence-corrected chi connectivity index (χ2v) is 9.30. The molecule has 140 valence electrons. The van der Waals surface area contributed by atoms with Crippen molar-refractivity contribution in [2.75, 3.05) is 0 Å². The summed E-state index contributed by atoms with van der Waals surface area (Å²) in [6.07, 6.45) is -0.0489. The third kappa shape index (κ3) is 4.60. The van der Waals surface area contributed by atoms with Crippen molar-refractivity contribution < 1.29 is 21.6 Å². The Balaban J connectivity index is 1.53. The van der Waals surface area contributed by atoms with Gasteiger partial charge in [-0.15, -0.1) is 0 Å². The van der Waals surface area contributed by atoms with Crippen molar-refractivity contribution in [2.45, 2.75) is 43.2 Å². The zero-order valence-electron chi connectivity index (χ0n) is 13.9. The molecule has 1 unspecified atom stereocenters. The summed E-state index contributed by atoms with van der Waals surface area (Å²) >= 11 is 0. The normalized spacial score (nSPS) is 17.3. The lowest BCUT2D eigenvalue weighted by molar-refractivity contribution is -0.137. The van der Waals surface area contributed by atoms with Crippen LogP contribution in [-0.2, 0) is 34.5 Å². The summed E-state index contributed by atoms with van der Waals surface area (Å²) in [5.41, 5.74) is 2.43. The number of hydrogen-bond donors (Lipinski definition) is 0. The molecule has 0 heterocycles. The molecule has 2 aromatic rings. The van der Waals surface area contributed by atoms with Crippen molar-refractivity contribution in [3.05, 3.63) is 64.7 Å². The van der Waals surface area contributed by atoms with E-state index in [2.05, 4.69) is 0 Å². The van der Waals surface area contributed by atoms with E-state index < -0.39 is 20.8 Å². The van der Waals surface area contributed by atoms with Crippen LogP contribution >= 0.6 is 10.7 Å². The molecule has 0 amide bonds. The average Bonchev–Trinajstić information content (AvgIpc) is 2.95. The van der Waals surface area contributed by atoms with Crippen LogP contribution in [0.3, 0.4) is 0 Å². The number of halogens is 4. The molecule has 0 spiro atoms. The van der Waals surface area contributed by atoms with Gasteiger partial charge in [0.2, 0.25) is 0 Å². The molecule has 0 bridgehead atoms. The molecule has 0 aromatic heterocycles. The molecule has 7 heteroatoms. The highest BCUT2D eigenvalue weighted by molar-refractivity contribution is 8.13. The number of alkyl halides is 3. The van der Waals surface area contributed by atoms with Gasteiger partial charge in [-0.05, 0) is 79.0 Å². The van der Waals surface area contributed by atoms with Crippen LogP contribution in [-0.4, -0.2) is 8.42 Å². The summed E-state index contributed by atoms with van der Waals surface area (Å²) in [6.45, 7) is 0. The standard InChI is InChI=1S/C19H18ClF3O2S/c20-26(24,25)18-9-6-15-10-14(11-16(15)12-18)3-1-2-13-4-7-17(8-5-13)19(21,22)23/h4-9,12,14H,1-3,10-11H2. The molecule has 26 heavy (non-hydrogen) atoms. The summed E-state index contributed by atoms with van der Waals surface area (Å²) in [5.74, 6) is 0.424. The van der Waals surface area contributed by atoms with E-state index in [4.69, 9.17) is 10.7 Å². The maximum absolute atomic E-state index is 12.6. The maximum Gasteiger partial charge on any atom is 0.416 e. The van der Waals surface area contributed by atoms with E-state index in [0.29, 0.717) is 5.92 Å². The first-order chi connectivity index (χ1) is 12.1. The summed E-state index contributed by atoms with van der Waals surface area (Å²) in [5, 5.41) is 0. The molecule has 0 N–H and O–H groups in total. The molecule has 0 saturated heterocycles. The molecular formula is C19H18ClF3O2S. The van der Waals surface area contributed by atoms with Gasteiger partial charge in [0.15, 0.2) is 0 Å². The van der Waals surface area contributed by atoms with E-state index in [0.717, 1.165) is 60.9 Å². The largest absolute Gasteiger partial charge is 0.416 e. The van der Waals surface area contributed by atoms with Crippen LogP contribution in [0.1, 0.15) is 35.1 Å². The van der Waals surface area contributed by atoms with Gasteiger partial charge in [-0.3, -0.25) is 0 Å². The molecular weight excluding hydrogens is 385 g/mol. The highest BCUT2D eigenvalue weighted by Crippen LogP contribution is 2.33. The van der Waals surface area contributed by atoms with Crippen LogP contribution in [0.4, 0.5) is 13.2 Å².